The molecule has 0 bridgehead atoms. The summed E-state index contributed by atoms with van der Waals surface area (Å²) in [6, 6.07) is 17.2. The number of rotatable bonds is 8. The fourth-order valence-electron chi connectivity index (χ4n) is 3.28. The van der Waals surface area contributed by atoms with Crippen LogP contribution in [0.1, 0.15) is 12.5 Å². The van der Waals surface area contributed by atoms with Crippen LogP contribution in [0.15, 0.2) is 54.6 Å². The third-order valence-corrected chi connectivity index (χ3v) is 5.10. The van der Waals surface area contributed by atoms with Crippen LogP contribution in [0.25, 0.3) is 0 Å². The molecule has 1 aliphatic heterocycles. The summed E-state index contributed by atoms with van der Waals surface area (Å²) < 4.78 is 11.1. The molecule has 0 aromatic heterocycles. The summed E-state index contributed by atoms with van der Waals surface area (Å²) in [5, 5.41) is 0.642. The Kier molecular flexibility index (Phi) is 7.71. The molecule has 0 aliphatic carbocycles. The van der Waals surface area contributed by atoms with E-state index in [2.05, 4.69) is 11.8 Å². The number of benzene rings is 2. The lowest BCUT2D eigenvalue weighted by molar-refractivity contribution is -0.136. The van der Waals surface area contributed by atoms with E-state index in [0.29, 0.717) is 17.3 Å². The molecule has 1 fully saturated rings. The van der Waals surface area contributed by atoms with Crippen molar-refractivity contribution in [1.29, 1.82) is 0 Å². The fraction of sp³-hybridized carbons (Fsp3) is 0.409. The highest BCUT2D eigenvalue weighted by Crippen LogP contribution is 2.16. The average Bonchev–Trinajstić information content (AvgIpc) is 2.73. The quantitative estimate of drug-likeness (QED) is 0.678. The van der Waals surface area contributed by atoms with Gasteiger partial charge in [0.05, 0.1) is 13.2 Å². The van der Waals surface area contributed by atoms with Crippen molar-refractivity contribution < 1.29 is 14.3 Å². The number of halogens is 1. The third-order valence-electron chi connectivity index (χ3n) is 4.85. The van der Waals surface area contributed by atoms with Gasteiger partial charge in [-0.2, -0.15) is 0 Å². The summed E-state index contributed by atoms with van der Waals surface area (Å²) in [6.45, 7) is 6.79. The number of hydrogen-bond donors (Lipinski definition) is 0. The highest BCUT2D eigenvalue weighted by atomic mass is 35.5. The number of carbonyl (C=O) groups excluding carboxylic acids is 1. The second-order valence-electron chi connectivity index (χ2n) is 7.01. The Balaban J connectivity index is 1.64. The molecule has 5 nitrogen and oxygen atoms in total. The number of morpholine rings is 1. The van der Waals surface area contributed by atoms with Gasteiger partial charge in [-0.15, -0.1) is 0 Å². The molecule has 1 amide bonds. The number of carbonyl (C=O) groups is 1. The van der Waals surface area contributed by atoms with Gasteiger partial charge in [0.25, 0.3) is 5.91 Å². The summed E-state index contributed by atoms with van der Waals surface area (Å²) in [4.78, 5) is 17.3. The molecular formula is C22H27ClN2O3. The minimum atomic E-state index is -0.0282. The van der Waals surface area contributed by atoms with Crippen molar-refractivity contribution in [2.45, 2.75) is 19.5 Å². The minimum Gasteiger partial charge on any atom is -0.484 e. The Labute approximate surface area is 171 Å². The van der Waals surface area contributed by atoms with Gasteiger partial charge < -0.3 is 14.4 Å². The summed E-state index contributed by atoms with van der Waals surface area (Å²) in [6.07, 6.45) is 0. The van der Waals surface area contributed by atoms with E-state index < -0.39 is 0 Å². The number of hydrogen-bond acceptors (Lipinski definition) is 4. The number of amides is 1. The molecule has 0 radical (unpaired) electrons. The van der Waals surface area contributed by atoms with Crippen LogP contribution in [-0.4, -0.2) is 61.2 Å². The average molecular weight is 403 g/mol. The van der Waals surface area contributed by atoms with Crippen molar-refractivity contribution in [3.63, 3.8) is 0 Å². The van der Waals surface area contributed by atoms with Gasteiger partial charge in [-0.1, -0.05) is 41.9 Å². The van der Waals surface area contributed by atoms with Crippen LogP contribution in [0.4, 0.5) is 0 Å². The van der Waals surface area contributed by atoms with E-state index in [9.17, 15) is 4.79 Å². The van der Waals surface area contributed by atoms with Gasteiger partial charge in [-0.25, -0.2) is 0 Å². The molecule has 2 aromatic carbocycles. The molecule has 1 aliphatic rings. The van der Waals surface area contributed by atoms with Crippen molar-refractivity contribution in [3.05, 3.63) is 65.2 Å². The van der Waals surface area contributed by atoms with Crippen LogP contribution in [0.3, 0.4) is 0 Å². The van der Waals surface area contributed by atoms with Crippen LogP contribution in [0.5, 0.6) is 5.75 Å². The monoisotopic (exact) mass is 402 g/mol. The predicted octanol–water partition coefficient (Wildman–Crippen LogP) is 3.47. The van der Waals surface area contributed by atoms with Gasteiger partial charge in [0.1, 0.15) is 5.75 Å². The molecule has 3 rings (SSSR count). The molecule has 28 heavy (non-hydrogen) atoms. The highest BCUT2D eigenvalue weighted by molar-refractivity contribution is 6.30. The van der Waals surface area contributed by atoms with Crippen molar-refractivity contribution in [2.75, 3.05) is 39.5 Å². The van der Waals surface area contributed by atoms with Crippen molar-refractivity contribution in [1.82, 2.24) is 9.80 Å². The normalized spacial score (nSPS) is 15.8. The van der Waals surface area contributed by atoms with Gasteiger partial charge in [0, 0.05) is 37.2 Å². The first-order valence-corrected chi connectivity index (χ1v) is 10.0. The molecule has 1 heterocycles. The van der Waals surface area contributed by atoms with E-state index in [1.54, 1.807) is 24.3 Å². The van der Waals surface area contributed by atoms with Crippen molar-refractivity contribution >= 4 is 17.5 Å². The zero-order valence-electron chi connectivity index (χ0n) is 16.2. The van der Waals surface area contributed by atoms with Crippen molar-refractivity contribution in [3.8, 4) is 5.75 Å². The second-order valence-corrected chi connectivity index (χ2v) is 7.45. The third kappa shape index (κ3) is 6.23. The summed E-state index contributed by atoms with van der Waals surface area (Å²) in [5.74, 6) is 0.609. The Morgan fingerprint density at radius 2 is 1.82 bits per heavy atom. The first kappa shape index (κ1) is 20.6. The molecule has 150 valence electrons. The second kappa shape index (κ2) is 10.5. The molecule has 0 saturated carbocycles. The van der Waals surface area contributed by atoms with E-state index >= 15 is 0 Å². The van der Waals surface area contributed by atoms with Crippen LogP contribution in [0.2, 0.25) is 5.02 Å². The maximum absolute atomic E-state index is 13.0. The van der Waals surface area contributed by atoms with E-state index in [0.717, 1.165) is 38.4 Å². The van der Waals surface area contributed by atoms with E-state index in [4.69, 9.17) is 21.1 Å². The molecule has 1 saturated heterocycles. The van der Waals surface area contributed by atoms with Gasteiger partial charge in [-0.05, 0) is 36.8 Å². The number of nitrogens with zero attached hydrogens (tertiary/aromatic N) is 2. The molecule has 6 heteroatoms. The standard InChI is InChI=1S/C22H27ClN2O3/c1-18(15-24-11-13-27-14-12-24)25(16-19-5-3-2-4-6-19)22(26)17-28-21-9-7-20(23)8-10-21/h2-10,18H,11-17H2,1H3. The largest absolute Gasteiger partial charge is 0.484 e. The lowest BCUT2D eigenvalue weighted by atomic mass is 10.1. The van der Waals surface area contributed by atoms with Gasteiger partial charge in [0.2, 0.25) is 0 Å². The lowest BCUT2D eigenvalue weighted by Gasteiger charge is -2.35. The highest BCUT2D eigenvalue weighted by Gasteiger charge is 2.24. The first-order valence-electron chi connectivity index (χ1n) is 9.63. The van der Waals surface area contributed by atoms with Crippen LogP contribution in [0, 0.1) is 0 Å². The van der Waals surface area contributed by atoms with Gasteiger partial charge >= 0.3 is 0 Å². The topological polar surface area (TPSA) is 42.0 Å². The Morgan fingerprint density at radius 1 is 1.14 bits per heavy atom. The molecule has 2 aromatic rings. The molecular weight excluding hydrogens is 376 g/mol. The Morgan fingerprint density at radius 3 is 2.50 bits per heavy atom. The van der Waals surface area contributed by atoms with E-state index in [-0.39, 0.29) is 18.6 Å². The zero-order valence-corrected chi connectivity index (χ0v) is 17.0. The Bertz CT molecular complexity index is 733. The lowest BCUT2D eigenvalue weighted by Crippen LogP contribution is -2.49. The first-order chi connectivity index (χ1) is 13.6. The summed E-state index contributed by atoms with van der Waals surface area (Å²) >= 11 is 5.90. The smallest absolute Gasteiger partial charge is 0.261 e. The van der Waals surface area contributed by atoms with Gasteiger partial charge in [0.15, 0.2) is 6.61 Å². The fourth-order valence-corrected chi connectivity index (χ4v) is 3.41. The molecule has 0 spiro atoms. The van der Waals surface area contributed by atoms with E-state index in [1.807, 2.05) is 35.2 Å². The zero-order chi connectivity index (χ0) is 19.8. The van der Waals surface area contributed by atoms with Crippen LogP contribution >= 0.6 is 11.6 Å². The SMILES string of the molecule is CC(CN1CCOCC1)N(Cc1ccccc1)C(=O)COc1ccc(Cl)cc1. The van der Waals surface area contributed by atoms with E-state index in [1.165, 1.54) is 0 Å². The predicted molar refractivity (Wildman–Crippen MR) is 111 cm³/mol. The molecule has 1 unspecified atom stereocenters. The minimum absolute atomic E-state index is 0.00190. The molecule has 1 atom stereocenters. The Hall–Kier alpha value is -2.08. The van der Waals surface area contributed by atoms with Crippen LogP contribution < -0.4 is 4.74 Å². The summed E-state index contributed by atoms with van der Waals surface area (Å²) in [7, 11) is 0. The van der Waals surface area contributed by atoms with Gasteiger partial charge in [-0.3, -0.25) is 9.69 Å². The summed E-state index contributed by atoms with van der Waals surface area (Å²) in [5.41, 5.74) is 1.11. The van der Waals surface area contributed by atoms with Crippen LogP contribution in [-0.2, 0) is 16.1 Å². The van der Waals surface area contributed by atoms with Crippen molar-refractivity contribution in [2.24, 2.45) is 0 Å². The number of ether oxygens (including phenoxy) is 2. The maximum atomic E-state index is 13.0. The maximum Gasteiger partial charge on any atom is 0.261 e. The molecule has 0 N–H and O–H groups in total.